The number of benzene rings is 1. The lowest BCUT2D eigenvalue weighted by atomic mass is 10.1. The number of anilines is 1. The van der Waals surface area contributed by atoms with Crippen LogP contribution < -0.4 is 10.6 Å². The van der Waals surface area contributed by atoms with Crippen molar-refractivity contribution in [3.05, 3.63) is 29.3 Å². The monoisotopic (exact) mass is 319 g/mol. The molecule has 0 aromatic heterocycles. The van der Waals surface area contributed by atoms with Crippen LogP contribution in [0.15, 0.2) is 18.2 Å². The third-order valence-electron chi connectivity index (χ3n) is 3.83. The van der Waals surface area contributed by atoms with Crippen LogP contribution in [0.2, 0.25) is 0 Å². The highest BCUT2D eigenvalue weighted by Crippen LogP contribution is 2.16. The highest BCUT2D eigenvalue weighted by Gasteiger charge is 2.12. The Morgan fingerprint density at radius 3 is 2.61 bits per heavy atom. The Bertz CT molecular complexity index is 554. The van der Waals surface area contributed by atoms with Crippen molar-refractivity contribution in [1.29, 1.82) is 0 Å². The van der Waals surface area contributed by atoms with Gasteiger partial charge in [0.2, 0.25) is 11.8 Å². The second-order valence-corrected chi connectivity index (χ2v) is 5.85. The number of rotatable bonds is 6. The molecule has 1 aromatic carbocycles. The van der Waals surface area contributed by atoms with E-state index in [1.807, 2.05) is 32.0 Å². The fourth-order valence-electron chi connectivity index (χ4n) is 2.53. The van der Waals surface area contributed by atoms with Gasteiger partial charge in [0, 0.05) is 31.9 Å². The van der Waals surface area contributed by atoms with E-state index in [9.17, 15) is 9.59 Å². The van der Waals surface area contributed by atoms with Gasteiger partial charge in [-0.25, -0.2) is 0 Å². The molecule has 126 valence electrons. The van der Waals surface area contributed by atoms with Crippen LogP contribution >= 0.6 is 0 Å². The van der Waals surface area contributed by atoms with Crippen molar-refractivity contribution in [1.82, 2.24) is 10.2 Å². The van der Waals surface area contributed by atoms with Gasteiger partial charge in [-0.05, 0) is 25.5 Å². The second kappa shape index (κ2) is 8.64. The van der Waals surface area contributed by atoms with Crippen molar-refractivity contribution in [3.63, 3.8) is 0 Å². The summed E-state index contributed by atoms with van der Waals surface area (Å²) in [6.45, 7) is 8.54. The molecule has 0 unspecified atom stereocenters. The predicted molar refractivity (Wildman–Crippen MR) is 89.4 cm³/mol. The van der Waals surface area contributed by atoms with E-state index in [2.05, 4.69) is 15.5 Å². The lowest BCUT2D eigenvalue weighted by Crippen LogP contribution is -2.41. The van der Waals surface area contributed by atoms with Crippen LogP contribution in [-0.2, 0) is 14.3 Å². The molecule has 1 aliphatic rings. The number of carbonyl (C=O) groups is 2. The molecule has 2 rings (SSSR count). The van der Waals surface area contributed by atoms with Crippen LogP contribution in [0.5, 0.6) is 0 Å². The first kappa shape index (κ1) is 17.4. The van der Waals surface area contributed by atoms with Crippen LogP contribution in [0.4, 0.5) is 5.69 Å². The standard InChI is InChI=1S/C17H25N3O3/c1-13-3-4-15(14(2)11-13)19-17(22)12-16(21)18-5-6-20-7-9-23-10-8-20/h3-4,11H,5-10,12H2,1-2H3,(H,18,21)(H,19,22). The first-order chi connectivity index (χ1) is 11.0. The Morgan fingerprint density at radius 1 is 1.17 bits per heavy atom. The van der Waals surface area contributed by atoms with E-state index in [-0.39, 0.29) is 18.2 Å². The van der Waals surface area contributed by atoms with Crippen molar-refractivity contribution in [3.8, 4) is 0 Å². The highest BCUT2D eigenvalue weighted by atomic mass is 16.5. The summed E-state index contributed by atoms with van der Waals surface area (Å²) in [5, 5.41) is 5.57. The topological polar surface area (TPSA) is 70.7 Å². The average molecular weight is 319 g/mol. The summed E-state index contributed by atoms with van der Waals surface area (Å²) >= 11 is 0. The molecule has 0 bridgehead atoms. The van der Waals surface area contributed by atoms with Gasteiger partial charge in [-0.1, -0.05) is 17.7 Å². The molecule has 6 heteroatoms. The smallest absolute Gasteiger partial charge is 0.233 e. The van der Waals surface area contributed by atoms with Gasteiger partial charge in [-0.2, -0.15) is 0 Å². The molecule has 0 spiro atoms. The van der Waals surface area contributed by atoms with Crippen molar-refractivity contribution in [2.24, 2.45) is 0 Å². The quantitative estimate of drug-likeness (QED) is 0.770. The first-order valence-corrected chi connectivity index (χ1v) is 7.98. The van der Waals surface area contributed by atoms with Gasteiger partial charge in [0.05, 0.1) is 13.2 Å². The molecule has 2 amide bonds. The number of morpholine rings is 1. The minimum Gasteiger partial charge on any atom is -0.379 e. The Labute approximate surface area is 137 Å². The van der Waals surface area contributed by atoms with E-state index in [1.165, 1.54) is 0 Å². The van der Waals surface area contributed by atoms with E-state index in [0.717, 1.165) is 49.7 Å². The summed E-state index contributed by atoms with van der Waals surface area (Å²) in [5.41, 5.74) is 2.88. The van der Waals surface area contributed by atoms with Crippen LogP contribution in [0.3, 0.4) is 0 Å². The number of hydrogen-bond acceptors (Lipinski definition) is 4. The number of nitrogens with one attached hydrogen (secondary N) is 2. The van der Waals surface area contributed by atoms with Crippen molar-refractivity contribution in [2.75, 3.05) is 44.7 Å². The van der Waals surface area contributed by atoms with E-state index >= 15 is 0 Å². The maximum Gasteiger partial charge on any atom is 0.233 e. The fourth-order valence-corrected chi connectivity index (χ4v) is 2.53. The number of nitrogens with zero attached hydrogens (tertiary/aromatic N) is 1. The minimum absolute atomic E-state index is 0.156. The first-order valence-electron chi connectivity index (χ1n) is 7.98. The molecule has 6 nitrogen and oxygen atoms in total. The lowest BCUT2D eigenvalue weighted by Gasteiger charge is -2.26. The number of ether oxygens (including phenoxy) is 1. The summed E-state index contributed by atoms with van der Waals surface area (Å²) in [6, 6.07) is 5.79. The van der Waals surface area contributed by atoms with Crippen molar-refractivity contribution < 1.29 is 14.3 Å². The Morgan fingerprint density at radius 2 is 1.91 bits per heavy atom. The molecule has 1 heterocycles. The summed E-state index contributed by atoms with van der Waals surface area (Å²) in [7, 11) is 0. The largest absolute Gasteiger partial charge is 0.379 e. The molecular weight excluding hydrogens is 294 g/mol. The summed E-state index contributed by atoms with van der Waals surface area (Å²) in [5.74, 6) is -0.540. The van der Waals surface area contributed by atoms with E-state index < -0.39 is 0 Å². The molecule has 1 aromatic rings. The maximum absolute atomic E-state index is 11.9. The zero-order chi connectivity index (χ0) is 16.7. The highest BCUT2D eigenvalue weighted by molar-refractivity contribution is 6.03. The van der Waals surface area contributed by atoms with Gasteiger partial charge < -0.3 is 15.4 Å². The van der Waals surface area contributed by atoms with Crippen LogP contribution in [0.25, 0.3) is 0 Å². The van der Waals surface area contributed by atoms with E-state index in [1.54, 1.807) is 0 Å². The molecule has 0 aliphatic carbocycles. The zero-order valence-corrected chi connectivity index (χ0v) is 13.9. The molecule has 1 aliphatic heterocycles. The second-order valence-electron chi connectivity index (χ2n) is 5.85. The Balaban J connectivity index is 1.68. The third-order valence-corrected chi connectivity index (χ3v) is 3.83. The number of hydrogen-bond donors (Lipinski definition) is 2. The molecule has 0 saturated carbocycles. The van der Waals surface area contributed by atoms with E-state index in [4.69, 9.17) is 4.74 Å². The normalized spacial score (nSPS) is 15.2. The van der Waals surface area contributed by atoms with Gasteiger partial charge in [0.25, 0.3) is 0 Å². The molecule has 0 radical (unpaired) electrons. The SMILES string of the molecule is Cc1ccc(NC(=O)CC(=O)NCCN2CCOCC2)c(C)c1. The number of amides is 2. The summed E-state index contributed by atoms with van der Waals surface area (Å²) in [6.07, 6.45) is -0.156. The molecule has 23 heavy (non-hydrogen) atoms. The minimum atomic E-state index is -0.291. The molecule has 2 N–H and O–H groups in total. The molecule has 1 saturated heterocycles. The molecular formula is C17H25N3O3. The van der Waals surface area contributed by atoms with Crippen LogP contribution in [0.1, 0.15) is 17.5 Å². The maximum atomic E-state index is 11.9. The van der Waals surface area contributed by atoms with Crippen LogP contribution in [-0.4, -0.2) is 56.1 Å². The van der Waals surface area contributed by atoms with E-state index in [0.29, 0.717) is 6.54 Å². The molecule has 0 atom stereocenters. The van der Waals surface area contributed by atoms with Crippen molar-refractivity contribution in [2.45, 2.75) is 20.3 Å². The van der Waals surface area contributed by atoms with Gasteiger partial charge in [0.1, 0.15) is 6.42 Å². The van der Waals surface area contributed by atoms with Crippen molar-refractivity contribution >= 4 is 17.5 Å². The van der Waals surface area contributed by atoms with Gasteiger partial charge in [0.15, 0.2) is 0 Å². The van der Waals surface area contributed by atoms with Gasteiger partial charge >= 0.3 is 0 Å². The predicted octanol–water partition coefficient (Wildman–Crippen LogP) is 1.08. The third kappa shape index (κ3) is 6.00. The Hall–Kier alpha value is -1.92. The number of aryl methyl sites for hydroxylation is 2. The lowest BCUT2D eigenvalue weighted by molar-refractivity contribution is -0.126. The zero-order valence-electron chi connectivity index (χ0n) is 13.9. The summed E-state index contributed by atoms with van der Waals surface area (Å²) in [4.78, 5) is 26.0. The number of carbonyl (C=O) groups excluding carboxylic acids is 2. The summed E-state index contributed by atoms with van der Waals surface area (Å²) < 4.78 is 5.27. The fraction of sp³-hybridized carbons (Fsp3) is 0.529. The Kier molecular flexibility index (Phi) is 6.55. The average Bonchev–Trinajstić information content (AvgIpc) is 2.51. The van der Waals surface area contributed by atoms with Gasteiger partial charge in [-0.15, -0.1) is 0 Å². The molecule has 1 fully saturated rings. The van der Waals surface area contributed by atoms with Gasteiger partial charge in [-0.3, -0.25) is 14.5 Å². The van der Waals surface area contributed by atoms with Crippen LogP contribution in [0, 0.1) is 13.8 Å².